The van der Waals surface area contributed by atoms with Crippen LogP contribution < -0.4 is 21.3 Å². The fourth-order valence-electron chi connectivity index (χ4n) is 4.45. The standard InChI is InChI=1S/C34H34N4/c1-23-13-5-9-17-27(23)35-31-21-33(37-29-19-11-7-15-25(29)3)34(38-30-20-12-8-16-26(30)4)22-32(31)36-28-18-10-6-14-24(28)2/h5-22,35-38H,1-4H3. The number of para-hydroxylation sites is 4. The third-order valence-corrected chi connectivity index (χ3v) is 6.82. The highest BCUT2D eigenvalue weighted by molar-refractivity contribution is 5.91. The van der Waals surface area contributed by atoms with Crippen LogP contribution in [0.1, 0.15) is 22.3 Å². The Bertz CT molecular complexity index is 1340. The van der Waals surface area contributed by atoms with Crippen LogP contribution in [-0.2, 0) is 0 Å². The van der Waals surface area contributed by atoms with Gasteiger partial charge in [0, 0.05) is 22.7 Å². The van der Waals surface area contributed by atoms with Gasteiger partial charge in [-0.1, -0.05) is 72.8 Å². The maximum Gasteiger partial charge on any atom is 0.0646 e. The van der Waals surface area contributed by atoms with E-state index in [9.17, 15) is 0 Å². The highest BCUT2D eigenvalue weighted by Crippen LogP contribution is 2.40. The molecule has 5 aromatic carbocycles. The molecule has 0 unspecified atom stereocenters. The Balaban J connectivity index is 1.65. The number of nitrogens with one attached hydrogen (secondary N) is 4. The molecule has 0 saturated heterocycles. The molecule has 4 heteroatoms. The van der Waals surface area contributed by atoms with Crippen molar-refractivity contribution < 1.29 is 0 Å². The molecule has 5 rings (SSSR count). The van der Waals surface area contributed by atoms with E-state index in [4.69, 9.17) is 0 Å². The van der Waals surface area contributed by atoms with Gasteiger partial charge in [-0.25, -0.2) is 0 Å². The van der Waals surface area contributed by atoms with Crippen molar-refractivity contribution in [2.75, 3.05) is 21.3 Å². The quantitative estimate of drug-likeness (QED) is 0.172. The van der Waals surface area contributed by atoms with E-state index < -0.39 is 0 Å². The zero-order valence-corrected chi connectivity index (χ0v) is 22.4. The van der Waals surface area contributed by atoms with Gasteiger partial charge in [-0.2, -0.15) is 0 Å². The highest BCUT2D eigenvalue weighted by atomic mass is 15.0. The zero-order valence-electron chi connectivity index (χ0n) is 22.4. The Morgan fingerprint density at radius 3 is 0.711 bits per heavy atom. The molecule has 0 aliphatic rings. The topological polar surface area (TPSA) is 48.1 Å². The Morgan fingerprint density at radius 1 is 0.289 bits per heavy atom. The van der Waals surface area contributed by atoms with Gasteiger partial charge in [0.25, 0.3) is 0 Å². The van der Waals surface area contributed by atoms with Gasteiger partial charge in [0.2, 0.25) is 0 Å². The van der Waals surface area contributed by atoms with Crippen molar-refractivity contribution in [1.82, 2.24) is 0 Å². The summed E-state index contributed by atoms with van der Waals surface area (Å²) < 4.78 is 0. The zero-order chi connectivity index (χ0) is 26.5. The lowest BCUT2D eigenvalue weighted by Gasteiger charge is -2.22. The van der Waals surface area contributed by atoms with Crippen molar-refractivity contribution in [3.05, 3.63) is 131 Å². The van der Waals surface area contributed by atoms with Crippen LogP contribution in [0.4, 0.5) is 45.5 Å². The van der Waals surface area contributed by atoms with Crippen LogP contribution >= 0.6 is 0 Å². The van der Waals surface area contributed by atoms with Crippen molar-refractivity contribution in [3.63, 3.8) is 0 Å². The van der Waals surface area contributed by atoms with Gasteiger partial charge in [0.05, 0.1) is 22.7 Å². The first kappa shape index (κ1) is 25.0. The van der Waals surface area contributed by atoms with E-state index in [0.717, 1.165) is 45.5 Å². The molecule has 0 amide bonds. The number of aryl methyl sites for hydroxylation is 4. The minimum atomic E-state index is 0.981. The molecular formula is C34H34N4. The minimum absolute atomic E-state index is 0.981. The normalized spacial score (nSPS) is 10.6. The van der Waals surface area contributed by atoms with Crippen LogP contribution in [0.25, 0.3) is 0 Å². The second kappa shape index (κ2) is 11.1. The molecule has 5 aromatic rings. The van der Waals surface area contributed by atoms with E-state index in [1.807, 2.05) is 0 Å². The predicted octanol–water partition coefficient (Wildman–Crippen LogP) is 9.89. The summed E-state index contributed by atoms with van der Waals surface area (Å²) in [6.45, 7) is 8.49. The van der Waals surface area contributed by atoms with Crippen molar-refractivity contribution >= 4 is 45.5 Å². The first-order valence-corrected chi connectivity index (χ1v) is 13.0. The smallest absolute Gasteiger partial charge is 0.0646 e. The molecule has 0 radical (unpaired) electrons. The molecule has 0 saturated carbocycles. The van der Waals surface area contributed by atoms with E-state index in [2.05, 4.69) is 158 Å². The van der Waals surface area contributed by atoms with Crippen LogP contribution in [-0.4, -0.2) is 0 Å². The lowest BCUT2D eigenvalue weighted by molar-refractivity contribution is 1.38. The molecule has 4 N–H and O–H groups in total. The molecule has 0 spiro atoms. The molecule has 4 nitrogen and oxygen atoms in total. The van der Waals surface area contributed by atoms with Crippen LogP contribution in [0.15, 0.2) is 109 Å². The molecule has 0 aliphatic heterocycles. The Morgan fingerprint density at radius 2 is 0.500 bits per heavy atom. The predicted molar refractivity (Wildman–Crippen MR) is 164 cm³/mol. The highest BCUT2D eigenvalue weighted by Gasteiger charge is 2.14. The maximum atomic E-state index is 3.69. The average Bonchev–Trinajstić information content (AvgIpc) is 2.91. The largest absolute Gasteiger partial charge is 0.354 e. The molecule has 0 aliphatic carbocycles. The minimum Gasteiger partial charge on any atom is -0.354 e. The summed E-state index contributed by atoms with van der Waals surface area (Å²) in [6, 6.07) is 37.8. The van der Waals surface area contributed by atoms with Gasteiger partial charge < -0.3 is 21.3 Å². The van der Waals surface area contributed by atoms with E-state index in [0.29, 0.717) is 0 Å². The van der Waals surface area contributed by atoms with Gasteiger partial charge in [0.1, 0.15) is 0 Å². The number of hydrogen-bond acceptors (Lipinski definition) is 4. The molecule has 0 heterocycles. The van der Waals surface area contributed by atoms with E-state index in [1.165, 1.54) is 22.3 Å². The van der Waals surface area contributed by atoms with Crippen molar-refractivity contribution in [1.29, 1.82) is 0 Å². The van der Waals surface area contributed by atoms with Gasteiger partial charge in [-0.05, 0) is 86.3 Å². The number of hydrogen-bond donors (Lipinski definition) is 4. The fraction of sp³-hybridized carbons (Fsp3) is 0.118. The van der Waals surface area contributed by atoms with Crippen LogP contribution in [0.3, 0.4) is 0 Å². The molecule has 0 bridgehead atoms. The third kappa shape index (κ3) is 5.65. The molecule has 0 aromatic heterocycles. The molecular weight excluding hydrogens is 464 g/mol. The van der Waals surface area contributed by atoms with Crippen LogP contribution in [0.5, 0.6) is 0 Å². The summed E-state index contributed by atoms with van der Waals surface area (Å²) in [6.07, 6.45) is 0. The number of rotatable bonds is 8. The third-order valence-electron chi connectivity index (χ3n) is 6.82. The second-order valence-corrected chi connectivity index (χ2v) is 9.70. The average molecular weight is 499 g/mol. The van der Waals surface area contributed by atoms with E-state index in [-0.39, 0.29) is 0 Å². The first-order valence-electron chi connectivity index (χ1n) is 13.0. The Hall–Kier alpha value is -4.70. The summed E-state index contributed by atoms with van der Waals surface area (Å²) in [5, 5.41) is 14.8. The van der Waals surface area contributed by atoms with Gasteiger partial charge in [0.15, 0.2) is 0 Å². The first-order chi connectivity index (χ1) is 18.5. The molecule has 0 atom stereocenters. The van der Waals surface area contributed by atoms with E-state index >= 15 is 0 Å². The number of anilines is 8. The Labute approximate surface area is 225 Å². The summed E-state index contributed by atoms with van der Waals surface area (Å²) in [5.74, 6) is 0. The van der Waals surface area contributed by atoms with Gasteiger partial charge in [-0.3, -0.25) is 0 Å². The van der Waals surface area contributed by atoms with Gasteiger partial charge >= 0.3 is 0 Å². The lowest BCUT2D eigenvalue weighted by Crippen LogP contribution is -2.05. The number of benzene rings is 5. The van der Waals surface area contributed by atoms with E-state index in [1.54, 1.807) is 0 Å². The van der Waals surface area contributed by atoms with Crippen LogP contribution in [0, 0.1) is 27.7 Å². The summed E-state index contributed by atoms with van der Waals surface area (Å²) in [5.41, 5.74) is 12.9. The summed E-state index contributed by atoms with van der Waals surface area (Å²) >= 11 is 0. The summed E-state index contributed by atoms with van der Waals surface area (Å²) in [4.78, 5) is 0. The fourth-order valence-corrected chi connectivity index (χ4v) is 4.45. The second-order valence-electron chi connectivity index (χ2n) is 9.70. The van der Waals surface area contributed by atoms with Gasteiger partial charge in [-0.15, -0.1) is 0 Å². The maximum absolute atomic E-state index is 3.69. The molecule has 0 fully saturated rings. The lowest BCUT2D eigenvalue weighted by atomic mass is 10.1. The van der Waals surface area contributed by atoms with Crippen molar-refractivity contribution in [2.24, 2.45) is 0 Å². The molecule has 38 heavy (non-hydrogen) atoms. The van der Waals surface area contributed by atoms with Crippen molar-refractivity contribution in [2.45, 2.75) is 27.7 Å². The summed E-state index contributed by atoms with van der Waals surface area (Å²) in [7, 11) is 0. The van der Waals surface area contributed by atoms with Crippen LogP contribution in [0.2, 0.25) is 0 Å². The molecule has 190 valence electrons. The monoisotopic (exact) mass is 498 g/mol. The van der Waals surface area contributed by atoms with Crippen molar-refractivity contribution in [3.8, 4) is 0 Å². The Kier molecular flexibility index (Phi) is 7.32. The SMILES string of the molecule is Cc1ccccc1Nc1cc(Nc2ccccc2C)c(Nc2ccccc2C)cc1Nc1ccccc1C.